The Labute approximate surface area is 90.0 Å². The fraction of sp³-hybridized carbons (Fsp3) is 0.455. The van der Waals surface area contributed by atoms with E-state index < -0.39 is 0 Å². The zero-order valence-electron chi connectivity index (χ0n) is 8.27. The third-order valence-corrected chi connectivity index (χ3v) is 2.66. The highest BCUT2D eigenvalue weighted by Gasteiger charge is 2.07. The summed E-state index contributed by atoms with van der Waals surface area (Å²) in [5, 5.41) is 18.4. The maximum atomic E-state index is 9.37. The summed E-state index contributed by atoms with van der Waals surface area (Å²) in [6.07, 6.45) is 0.999. The number of aliphatic hydroxyl groups excluding tert-OH is 1. The minimum Gasteiger partial charge on any atom is -0.508 e. The lowest BCUT2D eigenvalue weighted by Crippen LogP contribution is -1.96. The van der Waals surface area contributed by atoms with Crippen molar-refractivity contribution in [3.8, 4) is 5.75 Å². The van der Waals surface area contributed by atoms with Gasteiger partial charge in [-0.3, -0.25) is 0 Å². The van der Waals surface area contributed by atoms with Crippen LogP contribution in [-0.2, 0) is 6.61 Å². The molecule has 0 heterocycles. The van der Waals surface area contributed by atoms with Gasteiger partial charge in [0, 0.05) is 5.56 Å². The Morgan fingerprint density at radius 3 is 2.71 bits per heavy atom. The van der Waals surface area contributed by atoms with E-state index in [1.807, 2.05) is 12.1 Å². The molecule has 0 aliphatic heterocycles. The van der Waals surface area contributed by atoms with Gasteiger partial charge in [0.15, 0.2) is 0 Å². The van der Waals surface area contributed by atoms with Gasteiger partial charge in [-0.1, -0.05) is 13.0 Å². The predicted octanol–water partition coefficient (Wildman–Crippen LogP) is 2.31. The Morgan fingerprint density at radius 1 is 1.43 bits per heavy atom. The maximum absolute atomic E-state index is 9.37. The molecule has 0 aliphatic carbocycles. The Balaban J connectivity index is 2.88. The molecule has 0 fully saturated rings. The Bertz CT molecular complexity index is 299. The fourth-order valence-corrected chi connectivity index (χ4v) is 1.79. The zero-order valence-corrected chi connectivity index (χ0v) is 9.17. The molecule has 2 nitrogen and oxygen atoms in total. The van der Waals surface area contributed by atoms with Crippen LogP contribution in [0.4, 0.5) is 0 Å². The molecule has 14 heavy (non-hydrogen) atoms. The summed E-state index contributed by atoms with van der Waals surface area (Å²) >= 11 is 4.18. The lowest BCUT2D eigenvalue weighted by molar-refractivity contribution is 0.275. The fourth-order valence-electron chi connectivity index (χ4n) is 1.40. The maximum Gasteiger partial charge on any atom is 0.121 e. The first-order chi connectivity index (χ1) is 6.69. The predicted molar refractivity (Wildman–Crippen MR) is 60.9 cm³/mol. The van der Waals surface area contributed by atoms with Crippen LogP contribution >= 0.6 is 12.6 Å². The molecule has 1 atom stereocenters. The topological polar surface area (TPSA) is 40.5 Å². The third-order valence-electron chi connectivity index (χ3n) is 2.41. The van der Waals surface area contributed by atoms with E-state index >= 15 is 0 Å². The van der Waals surface area contributed by atoms with Gasteiger partial charge in [0.1, 0.15) is 5.75 Å². The Hall–Kier alpha value is -0.670. The molecular weight excluding hydrogens is 196 g/mol. The van der Waals surface area contributed by atoms with Crippen LogP contribution in [-0.4, -0.2) is 16.0 Å². The third kappa shape index (κ3) is 2.66. The first-order valence-electron chi connectivity index (χ1n) is 4.72. The number of aliphatic hydroxyl groups is 1. The number of hydrogen-bond acceptors (Lipinski definition) is 3. The molecule has 0 amide bonds. The number of hydrogen-bond donors (Lipinski definition) is 3. The molecule has 0 saturated carbocycles. The molecule has 78 valence electrons. The van der Waals surface area contributed by atoms with Gasteiger partial charge in [0.25, 0.3) is 0 Å². The van der Waals surface area contributed by atoms with E-state index in [0.29, 0.717) is 11.5 Å². The summed E-state index contributed by atoms with van der Waals surface area (Å²) in [4.78, 5) is 0. The summed E-state index contributed by atoms with van der Waals surface area (Å²) in [5.74, 6) is 1.42. The van der Waals surface area contributed by atoms with Gasteiger partial charge in [-0.15, -0.1) is 0 Å². The van der Waals surface area contributed by atoms with Crippen LogP contribution in [0.25, 0.3) is 0 Å². The van der Waals surface area contributed by atoms with Crippen LogP contribution in [0.3, 0.4) is 0 Å². The van der Waals surface area contributed by atoms with Crippen molar-refractivity contribution >= 4 is 12.6 Å². The first kappa shape index (κ1) is 11.4. The number of phenols is 1. The van der Waals surface area contributed by atoms with E-state index in [9.17, 15) is 5.11 Å². The van der Waals surface area contributed by atoms with E-state index in [1.165, 1.54) is 0 Å². The smallest absolute Gasteiger partial charge is 0.121 e. The summed E-state index contributed by atoms with van der Waals surface area (Å²) in [6.45, 7) is 2.00. The molecule has 1 rings (SSSR count). The summed E-state index contributed by atoms with van der Waals surface area (Å²) in [5.41, 5.74) is 1.73. The highest BCUT2D eigenvalue weighted by atomic mass is 32.1. The Kier molecular flexibility index (Phi) is 4.29. The first-order valence-corrected chi connectivity index (χ1v) is 5.35. The molecule has 2 N–H and O–H groups in total. The molecule has 0 saturated heterocycles. The van der Waals surface area contributed by atoms with E-state index in [1.54, 1.807) is 6.07 Å². The monoisotopic (exact) mass is 212 g/mol. The molecule has 0 aliphatic rings. The molecule has 1 aromatic rings. The van der Waals surface area contributed by atoms with E-state index in [4.69, 9.17) is 5.11 Å². The van der Waals surface area contributed by atoms with Crippen molar-refractivity contribution in [3.05, 3.63) is 29.3 Å². The normalized spacial score (nSPS) is 12.8. The molecule has 3 heteroatoms. The number of aromatic hydroxyl groups is 1. The van der Waals surface area contributed by atoms with Crippen molar-refractivity contribution in [1.82, 2.24) is 0 Å². The Morgan fingerprint density at radius 2 is 2.14 bits per heavy atom. The molecule has 0 spiro atoms. The van der Waals surface area contributed by atoms with Gasteiger partial charge in [-0.25, -0.2) is 0 Å². The number of rotatable bonds is 4. The summed E-state index contributed by atoms with van der Waals surface area (Å²) < 4.78 is 0. The van der Waals surface area contributed by atoms with Gasteiger partial charge >= 0.3 is 0 Å². The van der Waals surface area contributed by atoms with Crippen molar-refractivity contribution in [3.63, 3.8) is 0 Å². The van der Waals surface area contributed by atoms with Gasteiger partial charge in [0.2, 0.25) is 0 Å². The zero-order chi connectivity index (χ0) is 10.6. The van der Waals surface area contributed by atoms with Crippen molar-refractivity contribution < 1.29 is 10.2 Å². The summed E-state index contributed by atoms with van der Waals surface area (Å²) in [7, 11) is 0. The van der Waals surface area contributed by atoms with E-state index in [0.717, 1.165) is 17.7 Å². The van der Waals surface area contributed by atoms with Crippen LogP contribution in [0.15, 0.2) is 18.2 Å². The van der Waals surface area contributed by atoms with Crippen LogP contribution in [0, 0.1) is 0 Å². The molecule has 0 aromatic heterocycles. The lowest BCUT2D eigenvalue weighted by Gasteiger charge is -2.12. The van der Waals surface area contributed by atoms with Crippen LogP contribution in [0.5, 0.6) is 5.75 Å². The minimum atomic E-state index is -0.118. The number of benzene rings is 1. The van der Waals surface area contributed by atoms with Crippen molar-refractivity contribution in [2.75, 3.05) is 5.75 Å². The van der Waals surface area contributed by atoms with Crippen molar-refractivity contribution in [1.29, 1.82) is 0 Å². The summed E-state index contributed by atoms with van der Waals surface area (Å²) in [6, 6.07) is 5.38. The highest BCUT2D eigenvalue weighted by Crippen LogP contribution is 2.25. The van der Waals surface area contributed by atoms with E-state index in [-0.39, 0.29) is 12.4 Å². The van der Waals surface area contributed by atoms with Crippen molar-refractivity contribution in [2.24, 2.45) is 0 Å². The van der Waals surface area contributed by atoms with E-state index in [2.05, 4.69) is 19.6 Å². The molecule has 0 bridgehead atoms. The van der Waals surface area contributed by atoms with Gasteiger partial charge in [-0.2, -0.15) is 12.6 Å². The van der Waals surface area contributed by atoms with Crippen LogP contribution in [0.2, 0.25) is 0 Å². The van der Waals surface area contributed by atoms with Crippen molar-refractivity contribution in [2.45, 2.75) is 25.9 Å². The molecule has 1 aromatic carbocycles. The average Bonchev–Trinajstić information content (AvgIpc) is 2.19. The van der Waals surface area contributed by atoms with Crippen LogP contribution in [0.1, 0.15) is 30.4 Å². The average molecular weight is 212 g/mol. The molecule has 1 unspecified atom stereocenters. The van der Waals surface area contributed by atoms with Gasteiger partial charge in [0.05, 0.1) is 6.61 Å². The molecular formula is C11H16O2S. The number of thiol groups is 1. The SMILES string of the molecule is CC(CCS)c1ccc(O)c(CO)c1. The standard InChI is InChI=1S/C11H16O2S/c1-8(4-5-14)9-2-3-11(13)10(6-9)7-12/h2-3,6,8,12-14H,4-5,7H2,1H3. The van der Waals surface area contributed by atoms with Gasteiger partial charge in [-0.05, 0) is 35.8 Å². The second-order valence-corrected chi connectivity index (χ2v) is 3.91. The largest absolute Gasteiger partial charge is 0.508 e. The van der Waals surface area contributed by atoms with Gasteiger partial charge < -0.3 is 10.2 Å². The minimum absolute atomic E-state index is 0.118. The highest BCUT2D eigenvalue weighted by molar-refractivity contribution is 7.80. The molecule has 0 radical (unpaired) electrons. The lowest BCUT2D eigenvalue weighted by atomic mass is 9.96. The van der Waals surface area contributed by atoms with Crippen LogP contribution < -0.4 is 0 Å². The second-order valence-electron chi connectivity index (χ2n) is 3.46. The quantitative estimate of drug-likeness (QED) is 0.670. The second kappa shape index (κ2) is 5.27.